The summed E-state index contributed by atoms with van der Waals surface area (Å²) >= 11 is 0. The summed E-state index contributed by atoms with van der Waals surface area (Å²) < 4.78 is 6.36. The lowest BCUT2D eigenvalue weighted by Crippen LogP contribution is -2.19. The van der Waals surface area contributed by atoms with Gasteiger partial charge in [-0.05, 0) is 83.8 Å². The quantitative estimate of drug-likeness (QED) is 0.201. The fraction of sp³-hybridized carbons (Fsp3) is 0.116. The Labute approximate surface area is 264 Å². The molecular weight excluding hydrogens is 546 g/mol. The summed E-state index contributed by atoms with van der Waals surface area (Å²) in [6.45, 7) is 9.15. The van der Waals surface area contributed by atoms with Crippen molar-refractivity contribution in [3.05, 3.63) is 162 Å². The van der Waals surface area contributed by atoms with Crippen LogP contribution in [0.4, 0.5) is 11.4 Å². The highest BCUT2D eigenvalue weighted by Crippen LogP contribution is 2.51. The van der Waals surface area contributed by atoms with Gasteiger partial charge in [-0.2, -0.15) is 0 Å². The van der Waals surface area contributed by atoms with Crippen molar-refractivity contribution in [2.45, 2.75) is 33.1 Å². The molecule has 0 fully saturated rings. The van der Waals surface area contributed by atoms with Crippen LogP contribution in [0, 0.1) is 0 Å². The average molecular weight is 582 g/mol. The maximum Gasteiger partial charge on any atom is 0.136 e. The maximum absolute atomic E-state index is 6.36. The van der Waals surface area contributed by atoms with Crippen LogP contribution in [0.25, 0.3) is 49.4 Å². The minimum absolute atomic E-state index is 0.0559. The third kappa shape index (κ3) is 4.24. The van der Waals surface area contributed by atoms with Crippen molar-refractivity contribution >= 4 is 49.7 Å². The third-order valence-electron chi connectivity index (χ3n) is 9.76. The molecule has 0 spiro atoms. The summed E-state index contributed by atoms with van der Waals surface area (Å²) in [5.74, 6) is 0. The molecule has 2 heteroatoms. The van der Waals surface area contributed by atoms with E-state index < -0.39 is 0 Å². The molecule has 1 aliphatic carbocycles. The number of nitrogens with zero attached hydrogens (tertiary/aromatic N) is 1. The first-order chi connectivity index (χ1) is 22.0. The van der Waals surface area contributed by atoms with Crippen LogP contribution in [-0.4, -0.2) is 0 Å². The van der Waals surface area contributed by atoms with Crippen LogP contribution in [0.15, 0.2) is 155 Å². The van der Waals surface area contributed by atoms with Crippen LogP contribution in [-0.2, 0) is 5.41 Å². The molecule has 0 amide bonds. The van der Waals surface area contributed by atoms with E-state index in [1.54, 1.807) is 0 Å². The summed E-state index contributed by atoms with van der Waals surface area (Å²) in [6.07, 6.45) is 2.28. The second-order valence-electron chi connectivity index (χ2n) is 12.5. The van der Waals surface area contributed by atoms with E-state index in [1.165, 1.54) is 44.3 Å². The number of hydrogen-bond acceptors (Lipinski definition) is 2. The first-order valence-electron chi connectivity index (χ1n) is 15.7. The Morgan fingerprint density at radius 1 is 0.644 bits per heavy atom. The zero-order valence-corrected chi connectivity index (χ0v) is 26.1. The molecule has 0 radical (unpaired) electrons. The van der Waals surface area contributed by atoms with E-state index in [9.17, 15) is 0 Å². The molecule has 0 unspecified atom stereocenters. The molecule has 1 aliphatic rings. The molecule has 218 valence electrons. The lowest BCUT2D eigenvalue weighted by molar-refractivity contribution is 0.639. The summed E-state index contributed by atoms with van der Waals surface area (Å²) in [5, 5.41) is 4.68. The van der Waals surface area contributed by atoms with Crippen LogP contribution in [0.5, 0.6) is 0 Å². The molecular formula is C43H35NO. The van der Waals surface area contributed by atoms with Gasteiger partial charge in [0.2, 0.25) is 0 Å². The summed E-state index contributed by atoms with van der Waals surface area (Å²) in [6, 6.07) is 47.9. The Hall–Kier alpha value is -5.34. The van der Waals surface area contributed by atoms with Gasteiger partial charge in [0, 0.05) is 38.7 Å². The van der Waals surface area contributed by atoms with E-state index in [0.717, 1.165) is 38.9 Å². The zero-order valence-electron chi connectivity index (χ0n) is 26.1. The standard InChI is InChI=1S/C43H35NO/c1-5-38(42-28(2)43(3,4)37-21-13-11-20-34(37)42)44(32-17-7-6-8-18-32)39-22-14-12-19-33(39)31-23-24-40-35(26-31)36-25-29-15-9-10-16-30(29)27-41(36)45-40/h5-27H,1-4H3/b38-5+. The van der Waals surface area contributed by atoms with Gasteiger partial charge < -0.3 is 9.32 Å². The Morgan fingerprint density at radius 3 is 2.07 bits per heavy atom. The molecule has 0 saturated carbocycles. The largest absolute Gasteiger partial charge is 0.456 e. The molecule has 0 aliphatic heterocycles. The van der Waals surface area contributed by atoms with E-state index in [4.69, 9.17) is 4.42 Å². The fourth-order valence-electron chi connectivity index (χ4n) is 7.21. The minimum Gasteiger partial charge on any atom is -0.456 e. The Bertz CT molecular complexity index is 2320. The number of benzene rings is 6. The highest BCUT2D eigenvalue weighted by Gasteiger charge is 2.37. The number of hydrogen-bond donors (Lipinski definition) is 0. The second kappa shape index (κ2) is 10.4. The van der Waals surface area contributed by atoms with Crippen LogP contribution < -0.4 is 4.90 Å². The van der Waals surface area contributed by atoms with Crippen molar-refractivity contribution < 1.29 is 4.42 Å². The first kappa shape index (κ1) is 27.2. The van der Waals surface area contributed by atoms with Crippen molar-refractivity contribution in [3.63, 3.8) is 0 Å². The zero-order chi connectivity index (χ0) is 30.7. The van der Waals surface area contributed by atoms with Crippen molar-refractivity contribution in [2.24, 2.45) is 0 Å². The number of furan rings is 1. The molecule has 1 heterocycles. The number of anilines is 2. The van der Waals surface area contributed by atoms with E-state index in [0.29, 0.717) is 0 Å². The molecule has 2 nitrogen and oxygen atoms in total. The first-order valence-corrected chi connectivity index (χ1v) is 15.7. The highest BCUT2D eigenvalue weighted by molar-refractivity contribution is 6.11. The maximum atomic E-state index is 6.36. The van der Waals surface area contributed by atoms with Crippen LogP contribution in [0.3, 0.4) is 0 Å². The van der Waals surface area contributed by atoms with Crippen molar-refractivity contribution in [3.8, 4) is 11.1 Å². The minimum atomic E-state index is -0.0559. The van der Waals surface area contributed by atoms with Gasteiger partial charge in [0.15, 0.2) is 0 Å². The lowest BCUT2D eigenvalue weighted by atomic mass is 9.82. The van der Waals surface area contributed by atoms with E-state index >= 15 is 0 Å². The third-order valence-corrected chi connectivity index (χ3v) is 9.76. The van der Waals surface area contributed by atoms with Gasteiger partial charge in [-0.15, -0.1) is 0 Å². The number of fused-ring (bicyclic) bond motifs is 5. The van der Waals surface area contributed by atoms with Gasteiger partial charge in [-0.3, -0.25) is 0 Å². The van der Waals surface area contributed by atoms with Gasteiger partial charge >= 0.3 is 0 Å². The van der Waals surface area contributed by atoms with Crippen LogP contribution >= 0.6 is 0 Å². The summed E-state index contributed by atoms with van der Waals surface area (Å²) in [5.41, 5.74) is 12.9. The smallest absolute Gasteiger partial charge is 0.136 e. The van der Waals surface area contributed by atoms with E-state index in [-0.39, 0.29) is 5.41 Å². The monoisotopic (exact) mass is 581 g/mol. The van der Waals surface area contributed by atoms with Crippen molar-refractivity contribution in [1.82, 2.24) is 0 Å². The summed E-state index contributed by atoms with van der Waals surface area (Å²) in [4.78, 5) is 2.44. The van der Waals surface area contributed by atoms with E-state index in [2.05, 4.69) is 172 Å². The molecule has 0 saturated heterocycles. The average Bonchev–Trinajstić information content (AvgIpc) is 3.53. The van der Waals surface area contributed by atoms with Gasteiger partial charge in [-0.1, -0.05) is 116 Å². The Morgan fingerprint density at radius 2 is 1.29 bits per heavy atom. The highest BCUT2D eigenvalue weighted by atomic mass is 16.3. The Balaban J connectivity index is 1.34. The topological polar surface area (TPSA) is 16.4 Å². The molecule has 1 aromatic heterocycles. The predicted octanol–water partition coefficient (Wildman–Crippen LogP) is 12.2. The molecule has 8 rings (SSSR count). The second-order valence-corrected chi connectivity index (χ2v) is 12.5. The van der Waals surface area contributed by atoms with Gasteiger partial charge in [-0.25, -0.2) is 0 Å². The van der Waals surface area contributed by atoms with Gasteiger partial charge in [0.25, 0.3) is 0 Å². The SMILES string of the molecule is C/C=C(\C1=C(C)C(C)(C)c2ccccc21)N(c1ccccc1)c1ccccc1-c1ccc2oc3cc4ccccc4cc3c2c1. The van der Waals surface area contributed by atoms with Gasteiger partial charge in [0.05, 0.1) is 5.69 Å². The Kier molecular flexibility index (Phi) is 6.28. The van der Waals surface area contributed by atoms with Gasteiger partial charge in [0.1, 0.15) is 11.2 Å². The predicted molar refractivity (Wildman–Crippen MR) is 191 cm³/mol. The summed E-state index contributed by atoms with van der Waals surface area (Å²) in [7, 11) is 0. The van der Waals surface area contributed by atoms with E-state index in [1.807, 2.05) is 0 Å². The number of para-hydroxylation sites is 2. The number of allylic oxidation sites excluding steroid dienone is 3. The fourth-order valence-corrected chi connectivity index (χ4v) is 7.21. The molecule has 6 aromatic carbocycles. The van der Waals surface area contributed by atoms with Crippen molar-refractivity contribution in [1.29, 1.82) is 0 Å². The molecule has 0 atom stereocenters. The molecule has 45 heavy (non-hydrogen) atoms. The number of rotatable bonds is 5. The van der Waals surface area contributed by atoms with Crippen LogP contribution in [0.2, 0.25) is 0 Å². The normalized spacial score (nSPS) is 14.4. The molecule has 0 bridgehead atoms. The lowest BCUT2D eigenvalue weighted by Gasteiger charge is -2.32. The van der Waals surface area contributed by atoms with Crippen LogP contribution in [0.1, 0.15) is 38.8 Å². The van der Waals surface area contributed by atoms with Crippen molar-refractivity contribution in [2.75, 3.05) is 4.90 Å². The molecule has 0 N–H and O–H groups in total. The molecule has 7 aromatic rings.